The van der Waals surface area contributed by atoms with E-state index in [4.69, 9.17) is 4.74 Å². The fraction of sp³-hybridized carbons (Fsp3) is 1.00. The van der Waals surface area contributed by atoms with E-state index in [0.29, 0.717) is 19.8 Å². The molecule has 0 bridgehead atoms. The number of aliphatic hydroxyl groups is 1. The van der Waals surface area contributed by atoms with E-state index >= 15 is 0 Å². The van der Waals surface area contributed by atoms with Gasteiger partial charge < -0.3 is 20.1 Å². The Morgan fingerprint density at radius 2 is 2.13 bits per heavy atom. The molecule has 0 amide bonds. The highest BCUT2D eigenvalue weighted by molar-refractivity contribution is 4.84. The van der Waals surface area contributed by atoms with Crippen molar-refractivity contribution >= 4 is 0 Å². The Kier molecular flexibility index (Phi) is 3.97. The lowest BCUT2D eigenvalue weighted by Crippen LogP contribution is -2.43. The SMILES string of the molecule is OC1(CNCCN2CCCC2)CCOC1. The van der Waals surface area contributed by atoms with Crippen molar-refractivity contribution in [3.63, 3.8) is 0 Å². The quantitative estimate of drug-likeness (QED) is 0.623. The average molecular weight is 214 g/mol. The smallest absolute Gasteiger partial charge is 0.102 e. The van der Waals surface area contributed by atoms with Crippen molar-refractivity contribution in [1.29, 1.82) is 0 Å². The van der Waals surface area contributed by atoms with Crippen LogP contribution in [0.15, 0.2) is 0 Å². The molecule has 88 valence electrons. The minimum atomic E-state index is -0.606. The molecule has 4 heteroatoms. The molecule has 15 heavy (non-hydrogen) atoms. The Labute approximate surface area is 91.6 Å². The molecule has 0 aromatic rings. The number of hydrogen-bond donors (Lipinski definition) is 2. The summed E-state index contributed by atoms with van der Waals surface area (Å²) in [5.74, 6) is 0. The van der Waals surface area contributed by atoms with Gasteiger partial charge in [0, 0.05) is 32.7 Å². The Balaban J connectivity index is 1.54. The second-order valence-electron chi connectivity index (χ2n) is 4.75. The number of ether oxygens (including phenoxy) is 1. The molecule has 0 spiro atoms. The van der Waals surface area contributed by atoms with Gasteiger partial charge in [-0.05, 0) is 25.9 Å². The maximum absolute atomic E-state index is 9.98. The molecule has 1 atom stereocenters. The summed E-state index contributed by atoms with van der Waals surface area (Å²) in [6, 6.07) is 0. The van der Waals surface area contributed by atoms with Gasteiger partial charge in [-0.25, -0.2) is 0 Å². The summed E-state index contributed by atoms with van der Waals surface area (Å²) in [5.41, 5.74) is -0.606. The van der Waals surface area contributed by atoms with Crippen LogP contribution in [0.4, 0.5) is 0 Å². The van der Waals surface area contributed by atoms with Crippen molar-refractivity contribution in [1.82, 2.24) is 10.2 Å². The molecule has 2 rings (SSSR count). The van der Waals surface area contributed by atoms with Gasteiger partial charge in [0.25, 0.3) is 0 Å². The largest absolute Gasteiger partial charge is 0.386 e. The molecule has 0 aromatic heterocycles. The first-order chi connectivity index (χ1) is 7.29. The molecule has 2 fully saturated rings. The molecule has 4 nitrogen and oxygen atoms in total. The molecular weight excluding hydrogens is 192 g/mol. The molecule has 2 saturated heterocycles. The summed E-state index contributed by atoms with van der Waals surface area (Å²) >= 11 is 0. The van der Waals surface area contributed by atoms with Crippen LogP contribution in [0.1, 0.15) is 19.3 Å². The normalized spacial score (nSPS) is 32.6. The number of nitrogens with zero attached hydrogens (tertiary/aromatic N) is 1. The molecule has 2 aliphatic heterocycles. The van der Waals surface area contributed by atoms with Crippen LogP contribution >= 0.6 is 0 Å². The number of rotatable bonds is 5. The minimum Gasteiger partial charge on any atom is -0.386 e. The van der Waals surface area contributed by atoms with Crippen LogP contribution in [-0.2, 0) is 4.74 Å². The van der Waals surface area contributed by atoms with E-state index in [1.165, 1.54) is 25.9 Å². The monoisotopic (exact) mass is 214 g/mol. The second kappa shape index (κ2) is 5.25. The van der Waals surface area contributed by atoms with Crippen molar-refractivity contribution in [2.45, 2.75) is 24.9 Å². The topological polar surface area (TPSA) is 44.7 Å². The molecule has 0 radical (unpaired) electrons. The summed E-state index contributed by atoms with van der Waals surface area (Å²) in [6.07, 6.45) is 3.46. The van der Waals surface area contributed by atoms with E-state index in [-0.39, 0.29) is 0 Å². The number of likely N-dealkylation sites (tertiary alicyclic amines) is 1. The van der Waals surface area contributed by atoms with Gasteiger partial charge in [-0.15, -0.1) is 0 Å². The lowest BCUT2D eigenvalue weighted by molar-refractivity contribution is 0.0269. The Morgan fingerprint density at radius 3 is 2.80 bits per heavy atom. The van der Waals surface area contributed by atoms with Crippen molar-refractivity contribution in [3.05, 3.63) is 0 Å². The van der Waals surface area contributed by atoms with Gasteiger partial charge in [-0.1, -0.05) is 0 Å². The Hall–Kier alpha value is -0.160. The van der Waals surface area contributed by atoms with Gasteiger partial charge in [0.1, 0.15) is 5.60 Å². The van der Waals surface area contributed by atoms with E-state index < -0.39 is 5.60 Å². The van der Waals surface area contributed by atoms with Gasteiger partial charge in [0.15, 0.2) is 0 Å². The zero-order chi connectivity index (χ0) is 10.6. The van der Waals surface area contributed by atoms with Crippen molar-refractivity contribution < 1.29 is 9.84 Å². The van der Waals surface area contributed by atoms with E-state index in [1.54, 1.807) is 0 Å². The lowest BCUT2D eigenvalue weighted by atomic mass is 10.0. The predicted molar refractivity (Wildman–Crippen MR) is 58.9 cm³/mol. The molecule has 2 aliphatic rings. The first kappa shape index (κ1) is 11.3. The van der Waals surface area contributed by atoms with Crippen molar-refractivity contribution in [2.24, 2.45) is 0 Å². The zero-order valence-corrected chi connectivity index (χ0v) is 9.37. The van der Waals surface area contributed by atoms with Crippen molar-refractivity contribution in [3.8, 4) is 0 Å². The summed E-state index contributed by atoms with van der Waals surface area (Å²) < 4.78 is 5.19. The van der Waals surface area contributed by atoms with Gasteiger partial charge in [-0.3, -0.25) is 0 Å². The van der Waals surface area contributed by atoms with Crippen molar-refractivity contribution in [2.75, 3.05) is 45.9 Å². The van der Waals surface area contributed by atoms with E-state index in [1.807, 2.05) is 0 Å². The standard InChI is InChI=1S/C11H22N2O2/c14-11(3-8-15-10-11)9-12-4-7-13-5-1-2-6-13/h12,14H,1-10H2. The number of nitrogens with one attached hydrogen (secondary N) is 1. The molecule has 2 heterocycles. The molecule has 2 N–H and O–H groups in total. The fourth-order valence-corrected chi connectivity index (χ4v) is 2.30. The maximum atomic E-state index is 9.98. The van der Waals surface area contributed by atoms with Crippen LogP contribution in [0.25, 0.3) is 0 Å². The summed E-state index contributed by atoms with van der Waals surface area (Å²) in [4.78, 5) is 2.47. The fourth-order valence-electron chi connectivity index (χ4n) is 2.30. The first-order valence-corrected chi connectivity index (χ1v) is 6.02. The van der Waals surface area contributed by atoms with Crippen LogP contribution in [0.2, 0.25) is 0 Å². The lowest BCUT2D eigenvalue weighted by Gasteiger charge is -2.22. The zero-order valence-electron chi connectivity index (χ0n) is 9.37. The molecule has 0 aliphatic carbocycles. The van der Waals surface area contributed by atoms with Crippen LogP contribution in [0.5, 0.6) is 0 Å². The first-order valence-electron chi connectivity index (χ1n) is 6.02. The highest BCUT2D eigenvalue weighted by Gasteiger charge is 2.31. The highest BCUT2D eigenvalue weighted by Crippen LogP contribution is 2.16. The van der Waals surface area contributed by atoms with E-state index in [2.05, 4.69) is 10.2 Å². The summed E-state index contributed by atoms with van der Waals surface area (Å²) in [5, 5.41) is 13.3. The predicted octanol–water partition coefficient (Wildman–Crippen LogP) is -0.177. The van der Waals surface area contributed by atoms with Gasteiger partial charge in [0.2, 0.25) is 0 Å². The highest BCUT2D eigenvalue weighted by atomic mass is 16.5. The van der Waals surface area contributed by atoms with Crippen LogP contribution < -0.4 is 5.32 Å². The Morgan fingerprint density at radius 1 is 1.33 bits per heavy atom. The minimum absolute atomic E-state index is 0.490. The van der Waals surface area contributed by atoms with Crippen LogP contribution in [-0.4, -0.2) is 61.5 Å². The summed E-state index contributed by atoms with van der Waals surface area (Å²) in [6.45, 7) is 6.43. The van der Waals surface area contributed by atoms with Gasteiger partial charge in [0.05, 0.1) is 6.61 Å². The van der Waals surface area contributed by atoms with E-state index in [0.717, 1.165) is 19.5 Å². The molecule has 1 unspecified atom stereocenters. The third-order valence-electron chi connectivity index (χ3n) is 3.34. The Bertz CT molecular complexity index is 187. The van der Waals surface area contributed by atoms with Crippen LogP contribution in [0.3, 0.4) is 0 Å². The average Bonchev–Trinajstić information content (AvgIpc) is 2.84. The second-order valence-corrected chi connectivity index (χ2v) is 4.75. The third-order valence-corrected chi connectivity index (χ3v) is 3.34. The summed E-state index contributed by atoms with van der Waals surface area (Å²) in [7, 11) is 0. The maximum Gasteiger partial charge on any atom is 0.102 e. The van der Waals surface area contributed by atoms with Crippen LogP contribution in [0, 0.1) is 0 Å². The molecular formula is C11H22N2O2. The van der Waals surface area contributed by atoms with E-state index in [9.17, 15) is 5.11 Å². The molecule has 0 saturated carbocycles. The van der Waals surface area contributed by atoms with Gasteiger partial charge in [-0.2, -0.15) is 0 Å². The molecule has 0 aromatic carbocycles. The number of hydrogen-bond acceptors (Lipinski definition) is 4. The van der Waals surface area contributed by atoms with Gasteiger partial charge >= 0.3 is 0 Å². The third kappa shape index (κ3) is 3.41.